The molecule has 0 aromatic heterocycles. The van der Waals surface area contributed by atoms with E-state index < -0.39 is 26.1 Å². The van der Waals surface area contributed by atoms with Gasteiger partial charge in [-0.05, 0) is 75.2 Å². The van der Waals surface area contributed by atoms with E-state index in [0.717, 1.165) is 0 Å². The van der Waals surface area contributed by atoms with Crippen molar-refractivity contribution < 1.29 is 16.8 Å². The van der Waals surface area contributed by atoms with Gasteiger partial charge in [-0.15, -0.1) is 0 Å². The summed E-state index contributed by atoms with van der Waals surface area (Å²) in [7, 11) is -7.57. The van der Waals surface area contributed by atoms with E-state index in [1.54, 1.807) is 31.2 Å². The van der Waals surface area contributed by atoms with Crippen LogP contribution < -0.4 is 0 Å². The number of halogens is 4. The topological polar surface area (TPSA) is 74.8 Å². The lowest BCUT2D eigenvalue weighted by Crippen LogP contribution is -2.55. The van der Waals surface area contributed by atoms with Crippen LogP contribution in [0.3, 0.4) is 0 Å². The normalized spacial score (nSPS) is 19.4. The average Bonchev–Trinajstić information content (AvgIpc) is 2.65. The monoisotopic (exact) mass is 692 g/mol. The van der Waals surface area contributed by atoms with Crippen molar-refractivity contribution in [1.82, 2.24) is 8.61 Å². The number of piperazine rings is 1. The molecule has 2 aromatic rings. The molecule has 1 saturated heterocycles. The predicted molar refractivity (Wildman–Crippen MR) is 126 cm³/mol. The highest BCUT2D eigenvalue weighted by Gasteiger charge is 2.39. The maximum atomic E-state index is 13.2. The van der Waals surface area contributed by atoms with Gasteiger partial charge < -0.3 is 0 Å². The maximum Gasteiger partial charge on any atom is 0.244 e. The van der Waals surface area contributed by atoms with Crippen LogP contribution in [-0.4, -0.2) is 51.1 Å². The highest BCUT2D eigenvalue weighted by atomic mass is 79.9. The van der Waals surface area contributed by atoms with Crippen LogP contribution in [0.15, 0.2) is 64.1 Å². The molecule has 3 rings (SSSR count). The van der Waals surface area contributed by atoms with Gasteiger partial charge in [-0.25, -0.2) is 16.8 Å². The molecule has 1 aliphatic rings. The fourth-order valence-electron chi connectivity index (χ4n) is 3.10. The van der Waals surface area contributed by atoms with E-state index in [1.807, 2.05) is 0 Å². The van der Waals surface area contributed by atoms with Gasteiger partial charge >= 0.3 is 0 Å². The number of hydrogen-bond acceptors (Lipinski definition) is 4. The van der Waals surface area contributed by atoms with Crippen molar-refractivity contribution in [3.8, 4) is 0 Å². The minimum absolute atomic E-state index is 0.0616. The molecule has 1 fully saturated rings. The van der Waals surface area contributed by atoms with Crippen LogP contribution in [0.1, 0.15) is 6.92 Å². The molecule has 6 nitrogen and oxygen atoms in total. The van der Waals surface area contributed by atoms with Gasteiger partial charge in [0.05, 0.1) is 9.79 Å². The van der Waals surface area contributed by atoms with Gasteiger partial charge in [-0.3, -0.25) is 0 Å². The first-order valence-electron chi connectivity index (χ1n) is 8.36. The molecule has 2 aromatic carbocycles. The van der Waals surface area contributed by atoms with E-state index >= 15 is 0 Å². The van der Waals surface area contributed by atoms with Crippen LogP contribution in [-0.2, 0) is 20.0 Å². The highest BCUT2D eigenvalue weighted by Crippen LogP contribution is 2.33. The van der Waals surface area contributed by atoms with Crippen LogP contribution in [0, 0.1) is 0 Å². The van der Waals surface area contributed by atoms with Crippen molar-refractivity contribution in [1.29, 1.82) is 0 Å². The van der Waals surface area contributed by atoms with E-state index in [2.05, 4.69) is 63.7 Å². The minimum Gasteiger partial charge on any atom is -0.207 e. The van der Waals surface area contributed by atoms with Gasteiger partial charge in [0.1, 0.15) is 0 Å². The summed E-state index contributed by atoms with van der Waals surface area (Å²) in [5.41, 5.74) is 0. The van der Waals surface area contributed by atoms with Gasteiger partial charge in [0, 0.05) is 43.6 Å². The number of benzene rings is 2. The Balaban J connectivity index is 1.89. The van der Waals surface area contributed by atoms with E-state index in [0.29, 0.717) is 17.9 Å². The van der Waals surface area contributed by atoms with Gasteiger partial charge in [0.2, 0.25) is 20.0 Å². The summed E-state index contributed by atoms with van der Waals surface area (Å²) in [6.45, 7) is 1.90. The smallest absolute Gasteiger partial charge is 0.207 e. The molecule has 1 heterocycles. The van der Waals surface area contributed by atoms with Crippen molar-refractivity contribution in [2.45, 2.75) is 22.8 Å². The second-order valence-corrected chi connectivity index (χ2v) is 13.8. The second kappa shape index (κ2) is 8.97. The SMILES string of the molecule is CC1CN(S(=O)(=O)c2cc(Br)ccc2Br)CCN1S(=O)(=O)c1cc(Br)ccc1Br. The molecule has 0 saturated carbocycles. The Bertz CT molecular complexity index is 1160. The van der Waals surface area contributed by atoms with Crippen LogP contribution in [0.25, 0.3) is 0 Å². The quantitative estimate of drug-likeness (QED) is 0.460. The summed E-state index contributed by atoms with van der Waals surface area (Å²) in [5.74, 6) is 0. The summed E-state index contributed by atoms with van der Waals surface area (Å²) in [5, 5.41) is 0. The third-order valence-electron chi connectivity index (χ3n) is 4.52. The third-order valence-corrected chi connectivity index (χ3v) is 11.4. The first-order valence-corrected chi connectivity index (χ1v) is 14.4. The predicted octanol–water partition coefficient (Wildman–Crippen LogP) is 4.82. The Hall–Kier alpha value is 0.180. The standard InChI is InChI=1S/C17H16Br4N2O4S2/c1-11-10-22(28(24,25)16-8-12(18)2-4-14(16)20)6-7-23(11)29(26,27)17-9-13(19)3-5-15(17)21/h2-5,8-9,11H,6-7,10H2,1H3. The third kappa shape index (κ3) is 4.84. The Morgan fingerprint density at radius 1 is 0.793 bits per heavy atom. The zero-order chi connectivity index (χ0) is 21.6. The molecule has 0 aliphatic carbocycles. The largest absolute Gasteiger partial charge is 0.244 e. The first-order chi connectivity index (χ1) is 13.4. The molecule has 1 unspecified atom stereocenters. The Morgan fingerprint density at radius 2 is 1.28 bits per heavy atom. The van der Waals surface area contributed by atoms with Crippen molar-refractivity contribution in [2.24, 2.45) is 0 Å². The zero-order valence-corrected chi connectivity index (χ0v) is 23.0. The van der Waals surface area contributed by atoms with Crippen LogP contribution in [0.4, 0.5) is 0 Å². The molecule has 0 amide bonds. The van der Waals surface area contributed by atoms with E-state index in [-0.39, 0.29) is 29.4 Å². The second-order valence-electron chi connectivity index (χ2n) is 6.48. The lowest BCUT2D eigenvalue weighted by atomic mass is 10.3. The molecular weight excluding hydrogens is 680 g/mol. The van der Waals surface area contributed by atoms with E-state index in [9.17, 15) is 16.8 Å². The van der Waals surface area contributed by atoms with Crippen molar-refractivity contribution in [3.63, 3.8) is 0 Å². The first kappa shape index (κ1) is 23.8. The van der Waals surface area contributed by atoms with Gasteiger partial charge in [-0.2, -0.15) is 8.61 Å². The Labute approximate surface area is 204 Å². The molecule has 0 spiro atoms. The number of nitrogens with zero attached hydrogens (tertiary/aromatic N) is 2. The summed E-state index contributed by atoms with van der Waals surface area (Å²) >= 11 is 13.2. The van der Waals surface area contributed by atoms with Gasteiger partial charge in [-0.1, -0.05) is 31.9 Å². The average molecular weight is 696 g/mol. The molecule has 0 radical (unpaired) electrons. The zero-order valence-electron chi connectivity index (χ0n) is 15.0. The van der Waals surface area contributed by atoms with Crippen LogP contribution >= 0.6 is 63.7 Å². The summed E-state index contributed by atoms with van der Waals surface area (Å²) < 4.78 is 57.5. The Morgan fingerprint density at radius 3 is 1.76 bits per heavy atom. The van der Waals surface area contributed by atoms with E-state index in [1.165, 1.54) is 20.7 Å². The summed E-state index contributed by atoms with van der Waals surface area (Å²) in [4.78, 5) is 0.287. The summed E-state index contributed by atoms with van der Waals surface area (Å²) in [6, 6.07) is 9.35. The molecule has 29 heavy (non-hydrogen) atoms. The molecule has 1 atom stereocenters. The van der Waals surface area contributed by atoms with Crippen molar-refractivity contribution in [2.75, 3.05) is 19.6 Å². The fraction of sp³-hybridized carbons (Fsp3) is 0.294. The minimum atomic E-state index is -3.79. The van der Waals surface area contributed by atoms with E-state index in [4.69, 9.17) is 0 Å². The number of sulfonamides is 2. The molecule has 158 valence electrons. The van der Waals surface area contributed by atoms with Crippen molar-refractivity contribution >= 4 is 83.8 Å². The Kier molecular flexibility index (Phi) is 7.37. The number of hydrogen-bond donors (Lipinski definition) is 0. The molecule has 12 heteroatoms. The van der Waals surface area contributed by atoms with Gasteiger partial charge in [0.25, 0.3) is 0 Å². The maximum absolute atomic E-state index is 13.2. The lowest BCUT2D eigenvalue weighted by molar-refractivity contribution is 0.212. The molecule has 1 aliphatic heterocycles. The molecule has 0 bridgehead atoms. The number of rotatable bonds is 4. The highest BCUT2D eigenvalue weighted by molar-refractivity contribution is 9.11. The molecule has 0 N–H and O–H groups in total. The lowest BCUT2D eigenvalue weighted by Gasteiger charge is -2.38. The van der Waals surface area contributed by atoms with Crippen molar-refractivity contribution in [3.05, 3.63) is 54.3 Å². The fourth-order valence-corrected chi connectivity index (χ4v) is 9.15. The summed E-state index contributed by atoms with van der Waals surface area (Å²) in [6.07, 6.45) is 0. The van der Waals surface area contributed by atoms with Crippen LogP contribution in [0.5, 0.6) is 0 Å². The molecular formula is C17H16Br4N2O4S2. The van der Waals surface area contributed by atoms with Crippen LogP contribution in [0.2, 0.25) is 0 Å². The van der Waals surface area contributed by atoms with Gasteiger partial charge in [0.15, 0.2) is 0 Å².